The molecule has 1 aliphatic rings. The van der Waals surface area contributed by atoms with Crippen LogP contribution in [0.5, 0.6) is 0 Å². The molecule has 1 fully saturated rings. The first-order chi connectivity index (χ1) is 8.79. The van der Waals surface area contributed by atoms with Crippen LogP contribution in [0.2, 0.25) is 0 Å². The third-order valence-corrected chi connectivity index (χ3v) is 2.94. The molecule has 4 nitrogen and oxygen atoms in total. The monoisotopic (exact) mass is 246 g/mol. The fraction of sp³-hybridized carbons (Fsp3) is 0.357. The van der Waals surface area contributed by atoms with E-state index in [1.807, 2.05) is 12.1 Å². The fourth-order valence-electron chi connectivity index (χ4n) is 1.95. The standard InChI is InChI=1S/C14H18N2O2/c1-2-14(17)15-11-12-4-3-5-13(10-12)16-6-8-18-9-7-16/h2-5,10H,1,6-9,11H2,(H,15,17). The third kappa shape index (κ3) is 3.34. The second-order valence-corrected chi connectivity index (χ2v) is 4.19. The predicted octanol–water partition coefficient (Wildman–Crippen LogP) is 1.33. The number of amides is 1. The molecule has 1 heterocycles. The molecule has 2 rings (SSSR count). The molecule has 0 spiro atoms. The van der Waals surface area contributed by atoms with Gasteiger partial charge in [0.25, 0.3) is 0 Å². The molecule has 1 aliphatic heterocycles. The third-order valence-electron chi connectivity index (χ3n) is 2.94. The first-order valence-electron chi connectivity index (χ1n) is 6.11. The van der Waals surface area contributed by atoms with Gasteiger partial charge in [-0.1, -0.05) is 18.7 Å². The summed E-state index contributed by atoms with van der Waals surface area (Å²) in [5, 5.41) is 2.78. The molecular formula is C14H18N2O2. The minimum Gasteiger partial charge on any atom is -0.378 e. The molecule has 0 aliphatic carbocycles. The van der Waals surface area contributed by atoms with Gasteiger partial charge < -0.3 is 15.0 Å². The van der Waals surface area contributed by atoms with Gasteiger partial charge in [-0.3, -0.25) is 4.79 Å². The molecule has 0 bridgehead atoms. The van der Waals surface area contributed by atoms with Crippen LogP contribution in [-0.2, 0) is 16.1 Å². The summed E-state index contributed by atoms with van der Waals surface area (Å²) in [4.78, 5) is 13.4. The number of anilines is 1. The summed E-state index contributed by atoms with van der Waals surface area (Å²) in [5.41, 5.74) is 2.28. The van der Waals surface area contributed by atoms with Crippen molar-refractivity contribution in [2.24, 2.45) is 0 Å². The Morgan fingerprint density at radius 1 is 1.44 bits per heavy atom. The van der Waals surface area contributed by atoms with Gasteiger partial charge >= 0.3 is 0 Å². The molecule has 18 heavy (non-hydrogen) atoms. The normalized spacial score (nSPS) is 15.2. The number of ether oxygens (including phenoxy) is 1. The lowest BCUT2D eigenvalue weighted by molar-refractivity contribution is -0.116. The largest absolute Gasteiger partial charge is 0.378 e. The van der Waals surface area contributed by atoms with E-state index in [4.69, 9.17) is 4.74 Å². The van der Waals surface area contributed by atoms with Crippen LogP contribution in [0, 0.1) is 0 Å². The van der Waals surface area contributed by atoms with Gasteiger partial charge in [-0.25, -0.2) is 0 Å². The highest BCUT2D eigenvalue weighted by Crippen LogP contribution is 2.17. The van der Waals surface area contributed by atoms with Gasteiger partial charge in [-0.05, 0) is 23.8 Å². The number of carbonyl (C=O) groups is 1. The number of carbonyl (C=O) groups excluding carboxylic acids is 1. The molecule has 1 amide bonds. The molecule has 0 atom stereocenters. The maximum atomic E-state index is 11.1. The minimum absolute atomic E-state index is 0.147. The lowest BCUT2D eigenvalue weighted by atomic mass is 10.1. The van der Waals surface area contributed by atoms with Crippen molar-refractivity contribution in [3.05, 3.63) is 42.5 Å². The van der Waals surface area contributed by atoms with Crippen LogP contribution in [0.3, 0.4) is 0 Å². The summed E-state index contributed by atoms with van der Waals surface area (Å²) in [6, 6.07) is 8.21. The van der Waals surface area contributed by atoms with E-state index in [0.717, 1.165) is 31.9 Å². The van der Waals surface area contributed by atoms with Crippen molar-refractivity contribution in [3.63, 3.8) is 0 Å². The van der Waals surface area contributed by atoms with Crippen LogP contribution in [0.4, 0.5) is 5.69 Å². The van der Waals surface area contributed by atoms with Gasteiger partial charge in [0, 0.05) is 25.3 Å². The highest BCUT2D eigenvalue weighted by Gasteiger charge is 2.11. The van der Waals surface area contributed by atoms with Crippen molar-refractivity contribution in [3.8, 4) is 0 Å². The van der Waals surface area contributed by atoms with E-state index in [-0.39, 0.29) is 5.91 Å². The van der Waals surface area contributed by atoms with Crippen LogP contribution in [0.15, 0.2) is 36.9 Å². The average molecular weight is 246 g/mol. The van der Waals surface area contributed by atoms with Crippen molar-refractivity contribution in [1.82, 2.24) is 5.32 Å². The Kier molecular flexibility index (Phi) is 4.36. The average Bonchev–Trinajstić information content (AvgIpc) is 2.46. The summed E-state index contributed by atoms with van der Waals surface area (Å²) in [6.45, 7) is 7.35. The van der Waals surface area contributed by atoms with E-state index in [9.17, 15) is 4.79 Å². The molecule has 1 aromatic rings. The van der Waals surface area contributed by atoms with Gasteiger partial charge in [0.2, 0.25) is 5.91 Å². The smallest absolute Gasteiger partial charge is 0.243 e. The van der Waals surface area contributed by atoms with Crippen molar-refractivity contribution in [2.75, 3.05) is 31.2 Å². The summed E-state index contributed by atoms with van der Waals surface area (Å²) in [6.07, 6.45) is 1.28. The summed E-state index contributed by atoms with van der Waals surface area (Å²) in [5.74, 6) is -0.147. The number of nitrogens with one attached hydrogen (secondary N) is 1. The first-order valence-corrected chi connectivity index (χ1v) is 6.11. The lowest BCUT2D eigenvalue weighted by Gasteiger charge is -2.29. The Morgan fingerprint density at radius 3 is 2.94 bits per heavy atom. The van der Waals surface area contributed by atoms with E-state index >= 15 is 0 Å². The molecular weight excluding hydrogens is 228 g/mol. The molecule has 0 aromatic heterocycles. The quantitative estimate of drug-likeness (QED) is 0.815. The number of nitrogens with zero attached hydrogens (tertiary/aromatic N) is 1. The lowest BCUT2D eigenvalue weighted by Crippen LogP contribution is -2.36. The molecule has 0 unspecified atom stereocenters. The number of morpholine rings is 1. The number of rotatable bonds is 4. The van der Waals surface area contributed by atoms with E-state index in [2.05, 4.69) is 28.9 Å². The van der Waals surface area contributed by atoms with Crippen LogP contribution < -0.4 is 10.2 Å². The van der Waals surface area contributed by atoms with Crippen molar-refractivity contribution >= 4 is 11.6 Å². The molecule has 1 N–H and O–H groups in total. The highest BCUT2D eigenvalue weighted by molar-refractivity contribution is 5.86. The van der Waals surface area contributed by atoms with Crippen LogP contribution >= 0.6 is 0 Å². The SMILES string of the molecule is C=CC(=O)NCc1cccc(N2CCOCC2)c1. The predicted molar refractivity (Wildman–Crippen MR) is 71.5 cm³/mol. The fourth-order valence-corrected chi connectivity index (χ4v) is 1.95. The van der Waals surface area contributed by atoms with E-state index < -0.39 is 0 Å². The first kappa shape index (κ1) is 12.6. The Balaban J connectivity index is 2.00. The number of hydrogen-bond acceptors (Lipinski definition) is 3. The van der Waals surface area contributed by atoms with Gasteiger partial charge in [0.15, 0.2) is 0 Å². The minimum atomic E-state index is -0.147. The summed E-state index contributed by atoms with van der Waals surface area (Å²) in [7, 11) is 0. The molecule has 0 saturated carbocycles. The zero-order valence-corrected chi connectivity index (χ0v) is 10.4. The van der Waals surface area contributed by atoms with Gasteiger partial charge in [-0.15, -0.1) is 0 Å². The molecule has 0 radical (unpaired) electrons. The van der Waals surface area contributed by atoms with Crippen molar-refractivity contribution in [2.45, 2.75) is 6.54 Å². The second kappa shape index (κ2) is 6.21. The topological polar surface area (TPSA) is 41.6 Å². The zero-order chi connectivity index (χ0) is 12.8. The molecule has 1 saturated heterocycles. The Hall–Kier alpha value is -1.81. The second-order valence-electron chi connectivity index (χ2n) is 4.19. The molecule has 96 valence electrons. The number of hydrogen-bond donors (Lipinski definition) is 1. The van der Waals surface area contributed by atoms with Crippen molar-refractivity contribution < 1.29 is 9.53 Å². The van der Waals surface area contributed by atoms with Crippen molar-refractivity contribution in [1.29, 1.82) is 0 Å². The van der Waals surface area contributed by atoms with Crippen LogP contribution in [0.25, 0.3) is 0 Å². The van der Waals surface area contributed by atoms with E-state index in [0.29, 0.717) is 6.54 Å². The summed E-state index contributed by atoms with van der Waals surface area (Å²) < 4.78 is 5.34. The summed E-state index contributed by atoms with van der Waals surface area (Å²) >= 11 is 0. The maximum absolute atomic E-state index is 11.1. The van der Waals surface area contributed by atoms with Crippen LogP contribution in [-0.4, -0.2) is 32.2 Å². The maximum Gasteiger partial charge on any atom is 0.243 e. The van der Waals surface area contributed by atoms with Gasteiger partial charge in [0.1, 0.15) is 0 Å². The van der Waals surface area contributed by atoms with E-state index in [1.54, 1.807) is 0 Å². The molecule has 1 aromatic carbocycles. The highest BCUT2D eigenvalue weighted by atomic mass is 16.5. The Bertz CT molecular complexity index is 426. The van der Waals surface area contributed by atoms with Gasteiger partial charge in [0.05, 0.1) is 13.2 Å². The molecule has 4 heteroatoms. The van der Waals surface area contributed by atoms with Gasteiger partial charge in [-0.2, -0.15) is 0 Å². The Morgan fingerprint density at radius 2 is 2.22 bits per heavy atom. The number of benzene rings is 1. The Labute approximate surface area is 107 Å². The van der Waals surface area contributed by atoms with Crippen LogP contribution in [0.1, 0.15) is 5.56 Å². The van der Waals surface area contributed by atoms with E-state index in [1.165, 1.54) is 11.8 Å². The zero-order valence-electron chi connectivity index (χ0n) is 10.4.